The Morgan fingerprint density at radius 1 is 0.929 bits per heavy atom. The second-order valence-corrected chi connectivity index (χ2v) is 5.79. The lowest BCUT2D eigenvalue weighted by Gasteiger charge is -2.54. The van der Waals surface area contributed by atoms with Crippen molar-refractivity contribution in [2.45, 2.75) is 44.9 Å². The van der Waals surface area contributed by atoms with Gasteiger partial charge in [-0.2, -0.15) is 5.26 Å². The van der Waals surface area contributed by atoms with Crippen LogP contribution in [-0.4, -0.2) is 0 Å². The lowest BCUT2D eigenvalue weighted by Crippen LogP contribution is -2.44. The molecule has 4 bridgehead atoms. The number of hydrogen-bond donors (Lipinski definition) is 0. The summed E-state index contributed by atoms with van der Waals surface area (Å²) in [7, 11) is 0. The summed E-state index contributed by atoms with van der Waals surface area (Å²) in [5.74, 6) is 5.12. The molecule has 0 aromatic heterocycles. The Balaban J connectivity index is 1.72. The van der Waals surface area contributed by atoms with E-state index in [1.165, 1.54) is 38.5 Å². The Hall–Kier alpha value is -0.510. The van der Waals surface area contributed by atoms with E-state index in [4.69, 9.17) is 5.26 Å². The summed E-state index contributed by atoms with van der Waals surface area (Å²) >= 11 is 0. The molecular weight excluding hydrogens is 170 g/mol. The largest absolute Gasteiger partial charge is 0.198 e. The van der Waals surface area contributed by atoms with Crippen LogP contribution in [-0.2, 0) is 0 Å². The zero-order chi connectivity index (χ0) is 9.54. The molecule has 0 atom stereocenters. The first kappa shape index (κ1) is 8.77. The van der Waals surface area contributed by atoms with E-state index in [1.54, 1.807) is 0 Å². The molecule has 4 saturated carbocycles. The summed E-state index contributed by atoms with van der Waals surface area (Å²) in [5.41, 5.74) is 0. The van der Waals surface area contributed by atoms with E-state index in [2.05, 4.69) is 6.07 Å². The predicted molar refractivity (Wildman–Crippen MR) is 55.4 cm³/mol. The third kappa shape index (κ3) is 1.28. The standard InChI is InChI=1S/C13H19N/c14-3-1-2-13-11-5-9-4-10(7-11)8-12(13)6-9/h9-13H,1-2,4-8H2. The molecule has 0 amide bonds. The number of hydrogen-bond acceptors (Lipinski definition) is 1. The molecule has 0 spiro atoms. The Bertz CT molecular complexity index is 235. The van der Waals surface area contributed by atoms with Crippen LogP contribution < -0.4 is 0 Å². The van der Waals surface area contributed by atoms with Gasteiger partial charge in [0.05, 0.1) is 6.07 Å². The molecule has 4 rings (SSSR count). The van der Waals surface area contributed by atoms with Crippen molar-refractivity contribution in [1.29, 1.82) is 5.26 Å². The first-order chi connectivity index (χ1) is 6.86. The fraction of sp³-hybridized carbons (Fsp3) is 0.923. The summed E-state index contributed by atoms with van der Waals surface area (Å²) < 4.78 is 0. The minimum absolute atomic E-state index is 0.799. The normalized spacial score (nSPS) is 49.2. The van der Waals surface area contributed by atoms with Gasteiger partial charge in [0.25, 0.3) is 0 Å². The monoisotopic (exact) mass is 189 g/mol. The Labute approximate surface area is 86.5 Å². The highest BCUT2D eigenvalue weighted by Crippen LogP contribution is 2.57. The van der Waals surface area contributed by atoms with E-state index < -0.39 is 0 Å². The minimum atomic E-state index is 0.799. The summed E-state index contributed by atoms with van der Waals surface area (Å²) in [6, 6.07) is 2.33. The van der Waals surface area contributed by atoms with Crippen LogP contribution in [0.15, 0.2) is 0 Å². The molecule has 4 aliphatic carbocycles. The van der Waals surface area contributed by atoms with Crippen molar-refractivity contribution in [1.82, 2.24) is 0 Å². The molecule has 0 heterocycles. The van der Waals surface area contributed by atoms with Crippen LogP contribution in [0.1, 0.15) is 44.9 Å². The topological polar surface area (TPSA) is 23.8 Å². The molecular formula is C13H19N. The molecule has 4 fully saturated rings. The van der Waals surface area contributed by atoms with Gasteiger partial charge >= 0.3 is 0 Å². The van der Waals surface area contributed by atoms with Crippen LogP contribution in [0.25, 0.3) is 0 Å². The first-order valence-electron chi connectivity index (χ1n) is 6.23. The van der Waals surface area contributed by atoms with Gasteiger partial charge in [-0.25, -0.2) is 0 Å². The zero-order valence-corrected chi connectivity index (χ0v) is 8.78. The molecule has 1 nitrogen and oxygen atoms in total. The van der Waals surface area contributed by atoms with Gasteiger partial charge in [-0.05, 0) is 68.1 Å². The SMILES string of the molecule is N#CCCC1C2CC3CC(C2)CC1C3. The smallest absolute Gasteiger partial charge is 0.0621 e. The van der Waals surface area contributed by atoms with Crippen LogP contribution in [0, 0.1) is 40.9 Å². The van der Waals surface area contributed by atoms with Crippen LogP contribution in [0.2, 0.25) is 0 Å². The average Bonchev–Trinajstić information content (AvgIpc) is 2.15. The van der Waals surface area contributed by atoms with E-state index in [1.807, 2.05) is 0 Å². The lowest BCUT2D eigenvalue weighted by atomic mass is 9.51. The Morgan fingerprint density at radius 2 is 1.50 bits per heavy atom. The highest BCUT2D eigenvalue weighted by molar-refractivity contribution is 4.98. The summed E-state index contributed by atoms with van der Waals surface area (Å²) in [6.45, 7) is 0. The van der Waals surface area contributed by atoms with E-state index in [0.29, 0.717) is 0 Å². The molecule has 76 valence electrons. The van der Waals surface area contributed by atoms with Gasteiger partial charge in [0.15, 0.2) is 0 Å². The molecule has 1 heteroatoms. The minimum Gasteiger partial charge on any atom is -0.198 e. The van der Waals surface area contributed by atoms with Gasteiger partial charge in [-0.15, -0.1) is 0 Å². The van der Waals surface area contributed by atoms with E-state index in [9.17, 15) is 0 Å². The fourth-order valence-corrected chi connectivity index (χ4v) is 4.74. The highest BCUT2D eigenvalue weighted by Gasteiger charge is 2.47. The lowest BCUT2D eigenvalue weighted by molar-refractivity contribution is -0.0390. The third-order valence-corrected chi connectivity index (χ3v) is 5.01. The molecule has 0 aliphatic heterocycles. The van der Waals surface area contributed by atoms with Crippen molar-refractivity contribution >= 4 is 0 Å². The number of rotatable bonds is 2. The van der Waals surface area contributed by atoms with Crippen LogP contribution in [0.5, 0.6) is 0 Å². The van der Waals surface area contributed by atoms with E-state index in [-0.39, 0.29) is 0 Å². The molecule has 0 radical (unpaired) electrons. The van der Waals surface area contributed by atoms with Crippen molar-refractivity contribution in [3.05, 3.63) is 0 Å². The number of nitrogens with zero attached hydrogens (tertiary/aromatic N) is 1. The van der Waals surface area contributed by atoms with Crippen LogP contribution in [0.3, 0.4) is 0 Å². The first-order valence-corrected chi connectivity index (χ1v) is 6.23. The third-order valence-electron chi connectivity index (χ3n) is 5.01. The van der Waals surface area contributed by atoms with Gasteiger partial charge in [0.2, 0.25) is 0 Å². The average molecular weight is 189 g/mol. The van der Waals surface area contributed by atoms with Crippen molar-refractivity contribution in [2.24, 2.45) is 29.6 Å². The van der Waals surface area contributed by atoms with Gasteiger partial charge < -0.3 is 0 Å². The molecule has 14 heavy (non-hydrogen) atoms. The Kier molecular flexibility index (Phi) is 2.04. The quantitative estimate of drug-likeness (QED) is 0.653. The predicted octanol–water partition coefficient (Wildman–Crippen LogP) is 3.36. The number of nitriles is 1. The Morgan fingerprint density at radius 3 is 2.00 bits per heavy atom. The van der Waals surface area contributed by atoms with E-state index in [0.717, 1.165) is 36.0 Å². The van der Waals surface area contributed by atoms with Gasteiger partial charge in [-0.1, -0.05) is 0 Å². The van der Waals surface area contributed by atoms with Crippen LogP contribution >= 0.6 is 0 Å². The second kappa shape index (κ2) is 3.26. The molecule has 0 unspecified atom stereocenters. The second-order valence-electron chi connectivity index (χ2n) is 5.79. The maximum Gasteiger partial charge on any atom is 0.0621 e. The summed E-state index contributed by atoms with van der Waals surface area (Å²) in [4.78, 5) is 0. The summed E-state index contributed by atoms with van der Waals surface area (Å²) in [5, 5.41) is 8.67. The molecule has 4 aliphatic rings. The molecule has 0 aromatic carbocycles. The maximum atomic E-state index is 8.67. The highest BCUT2D eigenvalue weighted by atomic mass is 14.5. The van der Waals surface area contributed by atoms with Gasteiger partial charge in [0, 0.05) is 6.42 Å². The van der Waals surface area contributed by atoms with Gasteiger partial charge in [0.1, 0.15) is 0 Å². The molecule has 0 aromatic rings. The summed E-state index contributed by atoms with van der Waals surface area (Å²) in [6.07, 6.45) is 9.55. The molecule has 0 saturated heterocycles. The molecule has 0 N–H and O–H groups in total. The van der Waals surface area contributed by atoms with Crippen molar-refractivity contribution < 1.29 is 0 Å². The van der Waals surface area contributed by atoms with Gasteiger partial charge in [-0.3, -0.25) is 0 Å². The fourth-order valence-electron chi connectivity index (χ4n) is 4.74. The maximum absolute atomic E-state index is 8.67. The van der Waals surface area contributed by atoms with Crippen molar-refractivity contribution in [2.75, 3.05) is 0 Å². The zero-order valence-electron chi connectivity index (χ0n) is 8.78. The van der Waals surface area contributed by atoms with Crippen molar-refractivity contribution in [3.63, 3.8) is 0 Å². The van der Waals surface area contributed by atoms with E-state index >= 15 is 0 Å². The van der Waals surface area contributed by atoms with Crippen LogP contribution in [0.4, 0.5) is 0 Å². The van der Waals surface area contributed by atoms with Crippen molar-refractivity contribution in [3.8, 4) is 6.07 Å².